The maximum Gasteiger partial charge on any atom is 0.251 e. The van der Waals surface area contributed by atoms with E-state index in [4.69, 9.17) is 0 Å². The molecule has 1 atom stereocenters. The number of halogens is 1. The molecule has 1 aromatic rings. The van der Waals surface area contributed by atoms with Crippen LogP contribution in [0.15, 0.2) is 18.2 Å². The Bertz CT molecular complexity index is 379. The van der Waals surface area contributed by atoms with Crippen LogP contribution in [0, 0.1) is 6.92 Å². The molecule has 0 saturated heterocycles. The summed E-state index contributed by atoms with van der Waals surface area (Å²) < 4.78 is 0. The first-order valence-electron chi connectivity index (χ1n) is 5.26. The molecule has 0 saturated carbocycles. The minimum absolute atomic E-state index is 0.110. The molecule has 1 aromatic carbocycles. The van der Waals surface area contributed by atoms with E-state index in [1.54, 1.807) is 19.1 Å². The fraction of sp³-hybridized carbons (Fsp3) is 0.417. The van der Waals surface area contributed by atoms with Gasteiger partial charge in [0.1, 0.15) is 5.75 Å². The number of aromatic hydroxyl groups is 1. The molecule has 3 nitrogen and oxygen atoms in total. The van der Waals surface area contributed by atoms with Gasteiger partial charge in [0.15, 0.2) is 0 Å². The molecular weight excluding hydrogens is 270 g/mol. The van der Waals surface area contributed by atoms with Crippen molar-refractivity contribution in [2.24, 2.45) is 0 Å². The lowest BCUT2D eigenvalue weighted by Crippen LogP contribution is -2.29. The van der Waals surface area contributed by atoms with Gasteiger partial charge in [-0.1, -0.05) is 22.9 Å². The number of carbonyl (C=O) groups excluding carboxylic acids is 1. The lowest BCUT2D eigenvalue weighted by atomic mass is 10.1. The van der Waals surface area contributed by atoms with Crippen LogP contribution in [0.2, 0.25) is 0 Å². The van der Waals surface area contributed by atoms with Crippen molar-refractivity contribution in [2.45, 2.75) is 25.1 Å². The Hall–Kier alpha value is -1.03. The topological polar surface area (TPSA) is 49.3 Å². The highest BCUT2D eigenvalue weighted by molar-refractivity contribution is 9.09. The van der Waals surface area contributed by atoms with E-state index in [0.29, 0.717) is 22.5 Å². The predicted molar refractivity (Wildman–Crippen MR) is 68.2 cm³/mol. The van der Waals surface area contributed by atoms with E-state index in [1.165, 1.54) is 6.07 Å². The maximum atomic E-state index is 11.7. The number of alkyl halides is 1. The van der Waals surface area contributed by atoms with Gasteiger partial charge in [-0.3, -0.25) is 4.79 Å². The summed E-state index contributed by atoms with van der Waals surface area (Å²) in [6, 6.07) is 4.84. The summed E-state index contributed by atoms with van der Waals surface area (Å²) in [6.07, 6.45) is 0.967. The van der Waals surface area contributed by atoms with Crippen LogP contribution in [-0.4, -0.2) is 22.4 Å². The smallest absolute Gasteiger partial charge is 0.251 e. The molecule has 0 bridgehead atoms. The van der Waals surface area contributed by atoms with E-state index in [1.807, 2.05) is 0 Å². The van der Waals surface area contributed by atoms with E-state index in [9.17, 15) is 9.90 Å². The number of nitrogens with one attached hydrogen (secondary N) is 1. The molecule has 88 valence electrons. The van der Waals surface area contributed by atoms with Gasteiger partial charge in [0, 0.05) is 16.9 Å². The summed E-state index contributed by atoms with van der Waals surface area (Å²) in [6.45, 7) is 4.43. The average Bonchev–Trinajstić information content (AvgIpc) is 2.29. The van der Waals surface area contributed by atoms with Crippen molar-refractivity contribution < 1.29 is 9.90 Å². The Morgan fingerprint density at radius 1 is 1.56 bits per heavy atom. The largest absolute Gasteiger partial charge is 0.508 e. The zero-order chi connectivity index (χ0) is 12.1. The van der Waals surface area contributed by atoms with Crippen LogP contribution in [0.1, 0.15) is 29.3 Å². The molecule has 16 heavy (non-hydrogen) atoms. The molecule has 1 unspecified atom stereocenters. The summed E-state index contributed by atoms with van der Waals surface area (Å²) >= 11 is 3.45. The molecular formula is C12H16BrNO2. The number of rotatable bonds is 4. The van der Waals surface area contributed by atoms with Crippen LogP contribution in [0.25, 0.3) is 0 Å². The first kappa shape index (κ1) is 13.0. The van der Waals surface area contributed by atoms with Crippen molar-refractivity contribution in [3.8, 4) is 5.75 Å². The summed E-state index contributed by atoms with van der Waals surface area (Å²) in [5.74, 6) is 0.101. The number of amides is 1. The standard InChI is InChI=1S/C12H16BrNO2/c1-3-10(13)7-14-12(16)9-4-5-11(15)8(2)6-9/h4-6,10,15H,3,7H2,1-2H3,(H,14,16). The van der Waals surface area contributed by atoms with Crippen molar-refractivity contribution in [3.05, 3.63) is 29.3 Å². The Kier molecular flexibility index (Phi) is 4.80. The molecule has 0 heterocycles. The number of phenols is 1. The summed E-state index contributed by atoms with van der Waals surface area (Å²) in [5, 5.41) is 12.2. The summed E-state index contributed by atoms with van der Waals surface area (Å²) in [4.78, 5) is 12.0. The van der Waals surface area contributed by atoms with Crippen LogP contribution in [0.3, 0.4) is 0 Å². The molecule has 0 aromatic heterocycles. The van der Waals surface area contributed by atoms with Crippen LogP contribution >= 0.6 is 15.9 Å². The Labute approximate surface area is 104 Å². The predicted octanol–water partition coefficient (Wildman–Crippen LogP) is 2.60. The average molecular weight is 286 g/mol. The third-order valence-electron chi connectivity index (χ3n) is 2.39. The van der Waals surface area contributed by atoms with E-state index in [2.05, 4.69) is 28.2 Å². The second-order valence-electron chi connectivity index (χ2n) is 3.72. The minimum Gasteiger partial charge on any atom is -0.508 e. The van der Waals surface area contributed by atoms with Crippen molar-refractivity contribution in [2.75, 3.05) is 6.54 Å². The van der Waals surface area contributed by atoms with Gasteiger partial charge in [0.05, 0.1) is 0 Å². The monoisotopic (exact) mass is 285 g/mol. The van der Waals surface area contributed by atoms with Crippen molar-refractivity contribution in [1.82, 2.24) is 5.32 Å². The molecule has 0 fully saturated rings. The lowest BCUT2D eigenvalue weighted by Gasteiger charge is -2.09. The molecule has 0 radical (unpaired) electrons. The fourth-order valence-corrected chi connectivity index (χ4v) is 1.41. The van der Waals surface area contributed by atoms with Crippen LogP contribution in [0.5, 0.6) is 5.75 Å². The number of phenolic OH excluding ortho intramolecular Hbond substituents is 1. The van der Waals surface area contributed by atoms with E-state index in [-0.39, 0.29) is 11.7 Å². The zero-order valence-corrected chi connectivity index (χ0v) is 11.0. The first-order chi connectivity index (χ1) is 7.54. The third-order valence-corrected chi connectivity index (χ3v) is 3.36. The van der Waals surface area contributed by atoms with Gasteiger partial charge in [-0.05, 0) is 37.1 Å². The van der Waals surface area contributed by atoms with Gasteiger partial charge in [0.25, 0.3) is 5.91 Å². The first-order valence-corrected chi connectivity index (χ1v) is 6.18. The van der Waals surface area contributed by atoms with E-state index >= 15 is 0 Å². The molecule has 0 aliphatic heterocycles. The number of hydrogen-bond acceptors (Lipinski definition) is 2. The maximum absolute atomic E-state index is 11.7. The number of hydrogen-bond donors (Lipinski definition) is 2. The zero-order valence-electron chi connectivity index (χ0n) is 9.46. The molecule has 2 N–H and O–H groups in total. The van der Waals surface area contributed by atoms with Crippen LogP contribution in [-0.2, 0) is 0 Å². The highest BCUT2D eigenvalue weighted by Crippen LogP contribution is 2.16. The van der Waals surface area contributed by atoms with E-state index in [0.717, 1.165) is 6.42 Å². The Balaban J connectivity index is 2.63. The van der Waals surface area contributed by atoms with Gasteiger partial charge in [0.2, 0.25) is 0 Å². The van der Waals surface area contributed by atoms with Gasteiger partial charge in [-0.25, -0.2) is 0 Å². The lowest BCUT2D eigenvalue weighted by molar-refractivity contribution is 0.0954. The highest BCUT2D eigenvalue weighted by Gasteiger charge is 2.08. The Morgan fingerprint density at radius 2 is 2.25 bits per heavy atom. The number of benzene rings is 1. The van der Waals surface area contributed by atoms with Crippen molar-refractivity contribution >= 4 is 21.8 Å². The van der Waals surface area contributed by atoms with Crippen molar-refractivity contribution in [1.29, 1.82) is 0 Å². The van der Waals surface area contributed by atoms with Gasteiger partial charge >= 0.3 is 0 Å². The molecule has 4 heteroatoms. The minimum atomic E-state index is -0.110. The fourth-order valence-electron chi connectivity index (χ4n) is 1.25. The Morgan fingerprint density at radius 3 is 2.81 bits per heavy atom. The van der Waals surface area contributed by atoms with Gasteiger partial charge in [-0.15, -0.1) is 0 Å². The molecule has 0 aliphatic rings. The molecule has 0 aliphatic carbocycles. The molecule has 0 spiro atoms. The second-order valence-corrected chi connectivity index (χ2v) is 5.01. The van der Waals surface area contributed by atoms with Gasteiger partial charge < -0.3 is 10.4 Å². The number of aryl methyl sites for hydroxylation is 1. The number of carbonyl (C=O) groups is 1. The van der Waals surface area contributed by atoms with E-state index < -0.39 is 0 Å². The molecule has 1 amide bonds. The SMILES string of the molecule is CCC(Br)CNC(=O)c1ccc(O)c(C)c1. The van der Waals surface area contributed by atoms with Gasteiger partial charge in [-0.2, -0.15) is 0 Å². The van der Waals surface area contributed by atoms with Crippen molar-refractivity contribution in [3.63, 3.8) is 0 Å². The second kappa shape index (κ2) is 5.89. The van der Waals surface area contributed by atoms with Crippen LogP contribution in [0.4, 0.5) is 0 Å². The summed E-state index contributed by atoms with van der Waals surface area (Å²) in [7, 11) is 0. The highest BCUT2D eigenvalue weighted by atomic mass is 79.9. The summed E-state index contributed by atoms with van der Waals surface area (Å²) in [5.41, 5.74) is 1.28. The quantitative estimate of drug-likeness (QED) is 0.836. The van der Waals surface area contributed by atoms with Crippen LogP contribution < -0.4 is 5.32 Å². The molecule has 1 rings (SSSR count). The third kappa shape index (κ3) is 3.52. The normalized spacial score (nSPS) is 12.2.